The molecule has 0 saturated carbocycles. The number of carbonyl (C=O) groups excluding carboxylic acids is 1. The van der Waals surface area contributed by atoms with Crippen LogP contribution in [0.1, 0.15) is 0 Å². The summed E-state index contributed by atoms with van der Waals surface area (Å²) in [6, 6.07) is 6.15. The molecule has 0 unspecified atom stereocenters. The molecule has 0 radical (unpaired) electrons. The van der Waals surface area contributed by atoms with Gasteiger partial charge in [-0.15, -0.1) is 24.0 Å². The molecule has 0 atom stereocenters. The number of piperazine rings is 1. The van der Waals surface area contributed by atoms with Crippen LogP contribution in [-0.2, 0) is 4.79 Å². The SMILES string of the molecule is I.NC(=NCC(=O)NCC(F)(F)F)N1CCN(c2ccc(F)cc2)CC1. The van der Waals surface area contributed by atoms with Crippen molar-refractivity contribution in [2.75, 3.05) is 44.2 Å². The van der Waals surface area contributed by atoms with Gasteiger partial charge in [-0.05, 0) is 24.3 Å². The summed E-state index contributed by atoms with van der Waals surface area (Å²) in [7, 11) is 0. The van der Waals surface area contributed by atoms with Crippen LogP contribution in [0, 0.1) is 5.82 Å². The van der Waals surface area contributed by atoms with Crippen molar-refractivity contribution in [2.45, 2.75) is 6.18 Å². The van der Waals surface area contributed by atoms with Crippen molar-refractivity contribution in [3.8, 4) is 0 Å². The van der Waals surface area contributed by atoms with Crippen LogP contribution in [0.2, 0.25) is 0 Å². The number of nitrogens with two attached hydrogens (primary N) is 1. The second kappa shape index (κ2) is 9.78. The molecular weight excluding hydrogens is 469 g/mol. The molecule has 146 valence electrons. The van der Waals surface area contributed by atoms with Crippen LogP contribution in [-0.4, -0.2) is 62.2 Å². The lowest BCUT2D eigenvalue weighted by Crippen LogP contribution is -2.51. The van der Waals surface area contributed by atoms with Gasteiger partial charge in [-0.3, -0.25) is 4.79 Å². The summed E-state index contributed by atoms with van der Waals surface area (Å²) in [5, 5.41) is 1.73. The molecule has 3 N–H and O–H groups in total. The topological polar surface area (TPSA) is 74.0 Å². The zero-order valence-electron chi connectivity index (χ0n) is 13.8. The molecule has 1 fully saturated rings. The minimum Gasteiger partial charge on any atom is -0.370 e. The molecule has 0 aliphatic carbocycles. The van der Waals surface area contributed by atoms with E-state index in [1.165, 1.54) is 12.1 Å². The molecule has 26 heavy (non-hydrogen) atoms. The highest BCUT2D eigenvalue weighted by atomic mass is 127. The van der Waals surface area contributed by atoms with Crippen LogP contribution in [0.5, 0.6) is 0 Å². The van der Waals surface area contributed by atoms with Gasteiger partial charge in [0.15, 0.2) is 5.96 Å². The molecule has 1 aliphatic heterocycles. The van der Waals surface area contributed by atoms with E-state index in [1.807, 2.05) is 0 Å². The van der Waals surface area contributed by atoms with Crippen molar-refractivity contribution < 1.29 is 22.4 Å². The first-order valence-electron chi connectivity index (χ1n) is 7.63. The van der Waals surface area contributed by atoms with Crippen molar-refractivity contribution in [1.82, 2.24) is 10.2 Å². The smallest absolute Gasteiger partial charge is 0.370 e. The quantitative estimate of drug-likeness (QED) is 0.292. The Balaban J connectivity index is 0.00000338. The van der Waals surface area contributed by atoms with Crippen LogP contribution in [0.15, 0.2) is 29.3 Å². The third-order valence-corrected chi connectivity index (χ3v) is 3.67. The number of guanidine groups is 1. The lowest BCUT2D eigenvalue weighted by Gasteiger charge is -2.36. The van der Waals surface area contributed by atoms with Crippen molar-refractivity contribution in [2.24, 2.45) is 10.7 Å². The largest absolute Gasteiger partial charge is 0.405 e. The van der Waals surface area contributed by atoms with Gasteiger partial charge in [0, 0.05) is 31.9 Å². The van der Waals surface area contributed by atoms with E-state index in [1.54, 1.807) is 22.3 Å². The van der Waals surface area contributed by atoms with Gasteiger partial charge in [-0.25, -0.2) is 9.38 Å². The molecule has 0 bridgehead atoms. The van der Waals surface area contributed by atoms with E-state index >= 15 is 0 Å². The summed E-state index contributed by atoms with van der Waals surface area (Å²) < 4.78 is 48.9. The molecule has 1 saturated heterocycles. The van der Waals surface area contributed by atoms with E-state index < -0.39 is 25.2 Å². The molecule has 0 spiro atoms. The number of halogens is 5. The summed E-state index contributed by atoms with van der Waals surface area (Å²) >= 11 is 0. The van der Waals surface area contributed by atoms with Gasteiger partial charge in [-0.2, -0.15) is 13.2 Å². The number of aliphatic imine (C=N–C) groups is 1. The summed E-state index contributed by atoms with van der Waals surface area (Å²) in [6.45, 7) is 0.482. The fourth-order valence-electron chi connectivity index (χ4n) is 2.35. The van der Waals surface area contributed by atoms with Crippen LogP contribution in [0.4, 0.5) is 23.2 Å². The second-order valence-electron chi connectivity index (χ2n) is 5.52. The van der Waals surface area contributed by atoms with Gasteiger partial charge in [0.1, 0.15) is 18.9 Å². The number of anilines is 1. The van der Waals surface area contributed by atoms with Crippen molar-refractivity contribution >= 4 is 41.5 Å². The summed E-state index contributed by atoms with van der Waals surface area (Å²) in [5.74, 6) is -1.03. The maximum Gasteiger partial charge on any atom is 0.405 e. The van der Waals surface area contributed by atoms with Gasteiger partial charge < -0.3 is 20.9 Å². The maximum atomic E-state index is 12.9. The Kier molecular flexibility index (Phi) is 8.37. The zero-order chi connectivity index (χ0) is 18.4. The zero-order valence-corrected chi connectivity index (χ0v) is 16.1. The van der Waals surface area contributed by atoms with Crippen molar-refractivity contribution in [1.29, 1.82) is 0 Å². The number of carbonyl (C=O) groups is 1. The lowest BCUT2D eigenvalue weighted by molar-refractivity contribution is -0.137. The van der Waals surface area contributed by atoms with Crippen LogP contribution in [0.25, 0.3) is 0 Å². The number of rotatable bonds is 4. The van der Waals surface area contributed by atoms with E-state index in [0.29, 0.717) is 26.2 Å². The fraction of sp³-hybridized carbons (Fsp3) is 0.467. The third kappa shape index (κ3) is 7.22. The molecule has 0 aromatic heterocycles. The summed E-state index contributed by atoms with van der Waals surface area (Å²) in [6.07, 6.45) is -4.46. The Bertz CT molecular complexity index is 615. The highest BCUT2D eigenvalue weighted by Crippen LogP contribution is 2.16. The fourth-order valence-corrected chi connectivity index (χ4v) is 2.35. The number of nitrogens with one attached hydrogen (secondary N) is 1. The number of alkyl halides is 3. The molecule has 1 heterocycles. The number of benzene rings is 1. The Hall–Kier alpha value is -1.79. The van der Waals surface area contributed by atoms with Crippen molar-refractivity contribution in [3.63, 3.8) is 0 Å². The first-order valence-corrected chi connectivity index (χ1v) is 7.63. The minimum atomic E-state index is -4.46. The molecule has 11 heteroatoms. The molecule has 2 rings (SSSR count). The lowest BCUT2D eigenvalue weighted by atomic mass is 10.2. The Morgan fingerprint density at radius 2 is 1.73 bits per heavy atom. The van der Waals surface area contributed by atoms with Gasteiger partial charge in [0.05, 0.1) is 0 Å². The molecular formula is C15H20F4IN5O. The van der Waals surface area contributed by atoms with Crippen LogP contribution in [0.3, 0.4) is 0 Å². The third-order valence-electron chi connectivity index (χ3n) is 3.67. The van der Waals surface area contributed by atoms with Gasteiger partial charge in [-0.1, -0.05) is 0 Å². The Morgan fingerprint density at radius 1 is 1.15 bits per heavy atom. The number of amides is 1. The molecule has 6 nitrogen and oxygen atoms in total. The van der Waals surface area contributed by atoms with E-state index in [2.05, 4.69) is 9.89 Å². The molecule has 1 amide bonds. The predicted molar refractivity (Wildman–Crippen MR) is 101 cm³/mol. The van der Waals surface area contributed by atoms with Crippen molar-refractivity contribution in [3.05, 3.63) is 30.1 Å². The molecule has 1 aromatic carbocycles. The van der Waals surface area contributed by atoms with Crippen LogP contribution >= 0.6 is 24.0 Å². The first-order chi connectivity index (χ1) is 11.7. The summed E-state index contributed by atoms with van der Waals surface area (Å²) in [4.78, 5) is 18.9. The van der Waals surface area contributed by atoms with Crippen LogP contribution < -0.4 is 16.0 Å². The van der Waals surface area contributed by atoms with E-state index in [-0.39, 0.29) is 35.8 Å². The maximum absolute atomic E-state index is 12.9. The highest BCUT2D eigenvalue weighted by Gasteiger charge is 2.27. The Morgan fingerprint density at radius 3 is 2.27 bits per heavy atom. The van der Waals surface area contributed by atoms with Gasteiger partial charge in [0.2, 0.25) is 5.91 Å². The normalized spacial score (nSPS) is 15.5. The van der Waals surface area contributed by atoms with E-state index in [0.717, 1.165) is 5.69 Å². The van der Waals surface area contributed by atoms with E-state index in [9.17, 15) is 22.4 Å². The second-order valence-corrected chi connectivity index (χ2v) is 5.52. The molecule has 1 aliphatic rings. The van der Waals surface area contributed by atoms with E-state index in [4.69, 9.17) is 5.73 Å². The predicted octanol–water partition coefficient (Wildman–Crippen LogP) is 1.56. The highest BCUT2D eigenvalue weighted by molar-refractivity contribution is 14.0. The monoisotopic (exact) mass is 489 g/mol. The minimum absolute atomic E-state index is 0. The van der Waals surface area contributed by atoms with Gasteiger partial charge >= 0.3 is 6.18 Å². The average molecular weight is 489 g/mol. The Labute approximate surface area is 165 Å². The molecule has 1 aromatic rings. The average Bonchev–Trinajstić information content (AvgIpc) is 2.58. The summed E-state index contributed by atoms with van der Waals surface area (Å²) in [5.41, 5.74) is 6.68. The number of hydrogen-bond donors (Lipinski definition) is 2. The first kappa shape index (κ1) is 22.3. The number of hydrogen-bond acceptors (Lipinski definition) is 3. The van der Waals surface area contributed by atoms with Gasteiger partial charge in [0.25, 0.3) is 0 Å². The standard InChI is InChI=1S/C15H19F4N5O.HI/c16-11-1-3-12(4-2-11)23-5-7-24(8-6-23)14(20)21-9-13(25)22-10-15(17,18)19;/h1-4H,5-10H2,(H2,20,21)(H,22,25);1H. The number of nitrogens with zero attached hydrogens (tertiary/aromatic N) is 3.